The lowest BCUT2D eigenvalue weighted by Gasteiger charge is -2.33. The van der Waals surface area contributed by atoms with Crippen LogP contribution in [0.4, 0.5) is 21.7 Å². The predicted octanol–water partition coefficient (Wildman–Crippen LogP) is 4.63. The molecule has 1 aliphatic heterocycles. The molecule has 0 saturated carbocycles. The van der Waals surface area contributed by atoms with Gasteiger partial charge >= 0.3 is 0 Å². The fourth-order valence-electron chi connectivity index (χ4n) is 4.02. The summed E-state index contributed by atoms with van der Waals surface area (Å²) >= 11 is 0. The van der Waals surface area contributed by atoms with Crippen LogP contribution in [0.1, 0.15) is 5.56 Å². The number of para-hydroxylation sites is 1. The number of aromatic nitrogens is 3. The normalized spacial score (nSPS) is 14.7. The van der Waals surface area contributed by atoms with Gasteiger partial charge in [-0.15, -0.1) is 0 Å². The van der Waals surface area contributed by atoms with Gasteiger partial charge in [-0.25, -0.2) is 19.3 Å². The van der Waals surface area contributed by atoms with Gasteiger partial charge in [-0.3, -0.25) is 0 Å². The van der Waals surface area contributed by atoms with E-state index in [0.717, 1.165) is 59.6 Å². The van der Waals surface area contributed by atoms with Crippen LogP contribution < -0.4 is 10.2 Å². The zero-order chi connectivity index (χ0) is 22.1. The summed E-state index contributed by atoms with van der Waals surface area (Å²) in [5, 5.41) is 3.98. The molecular formula is C25H25FN6. The van der Waals surface area contributed by atoms with Gasteiger partial charge in [-0.05, 0) is 55.4 Å². The Morgan fingerprint density at radius 2 is 1.72 bits per heavy atom. The summed E-state index contributed by atoms with van der Waals surface area (Å²) in [4.78, 5) is 18.1. The molecule has 2 aromatic heterocycles. The van der Waals surface area contributed by atoms with Crippen molar-refractivity contribution < 1.29 is 4.39 Å². The predicted molar refractivity (Wildman–Crippen MR) is 127 cm³/mol. The van der Waals surface area contributed by atoms with E-state index >= 15 is 0 Å². The van der Waals surface area contributed by atoms with Gasteiger partial charge in [0.15, 0.2) is 0 Å². The van der Waals surface area contributed by atoms with Crippen LogP contribution in [-0.4, -0.2) is 53.1 Å². The minimum Gasteiger partial charge on any atom is -0.354 e. The number of benzene rings is 2. The molecule has 0 aliphatic carbocycles. The van der Waals surface area contributed by atoms with Crippen LogP contribution >= 0.6 is 0 Å². The van der Waals surface area contributed by atoms with Gasteiger partial charge in [0.1, 0.15) is 23.8 Å². The molecule has 7 heteroatoms. The lowest BCUT2D eigenvalue weighted by atomic mass is 10.1. The zero-order valence-electron chi connectivity index (χ0n) is 18.2. The molecular weight excluding hydrogens is 403 g/mol. The summed E-state index contributed by atoms with van der Waals surface area (Å²) in [6.45, 7) is 5.96. The summed E-state index contributed by atoms with van der Waals surface area (Å²) in [5.41, 5.74) is 4.10. The molecule has 1 saturated heterocycles. The number of aryl methyl sites for hydroxylation is 1. The second-order valence-corrected chi connectivity index (χ2v) is 8.21. The van der Waals surface area contributed by atoms with Gasteiger partial charge in [0.25, 0.3) is 0 Å². The summed E-state index contributed by atoms with van der Waals surface area (Å²) in [7, 11) is 2.15. The topological polar surface area (TPSA) is 57.2 Å². The van der Waals surface area contributed by atoms with Crippen LogP contribution in [0.15, 0.2) is 61.1 Å². The number of anilines is 3. The highest BCUT2D eigenvalue weighted by Gasteiger charge is 2.15. The molecule has 0 radical (unpaired) electrons. The first-order valence-electron chi connectivity index (χ1n) is 10.8. The standard InChI is InChI=1S/C25H25FN6/c1-17-4-3-5-21(26)24(17)30-25-20-8-6-18(14-22(20)28-16-29-25)19-7-9-23(27-15-19)32-12-10-31(2)11-13-32/h3-9,14-16H,10-13H2,1-2H3,(H,28,29,30). The average Bonchev–Trinajstić information content (AvgIpc) is 2.82. The Morgan fingerprint density at radius 1 is 0.906 bits per heavy atom. The van der Waals surface area contributed by atoms with Crippen molar-refractivity contribution in [3.8, 4) is 11.1 Å². The monoisotopic (exact) mass is 428 g/mol. The van der Waals surface area contributed by atoms with Crippen molar-refractivity contribution in [3.05, 3.63) is 72.4 Å². The molecule has 5 rings (SSSR count). The Bertz CT molecular complexity index is 1230. The molecule has 0 amide bonds. The van der Waals surface area contributed by atoms with Gasteiger partial charge in [-0.1, -0.05) is 18.2 Å². The first kappa shape index (κ1) is 20.3. The van der Waals surface area contributed by atoms with Gasteiger partial charge in [0.05, 0.1) is 11.2 Å². The van der Waals surface area contributed by atoms with Crippen LogP contribution in [-0.2, 0) is 0 Å². The number of nitrogens with zero attached hydrogens (tertiary/aromatic N) is 5. The van der Waals surface area contributed by atoms with E-state index in [-0.39, 0.29) is 5.82 Å². The molecule has 1 fully saturated rings. The highest BCUT2D eigenvalue weighted by atomic mass is 19.1. The maximum Gasteiger partial charge on any atom is 0.146 e. The summed E-state index contributed by atoms with van der Waals surface area (Å²) in [6.07, 6.45) is 3.41. The van der Waals surface area contributed by atoms with E-state index < -0.39 is 0 Å². The third-order valence-corrected chi connectivity index (χ3v) is 6.01. The Labute approximate surface area is 186 Å². The van der Waals surface area contributed by atoms with Crippen molar-refractivity contribution >= 4 is 28.2 Å². The minimum atomic E-state index is -0.306. The average molecular weight is 429 g/mol. The molecule has 6 nitrogen and oxygen atoms in total. The number of nitrogens with one attached hydrogen (secondary N) is 1. The summed E-state index contributed by atoms with van der Waals surface area (Å²) < 4.78 is 14.3. The second-order valence-electron chi connectivity index (χ2n) is 8.21. The van der Waals surface area contributed by atoms with Crippen LogP contribution in [0, 0.1) is 12.7 Å². The molecule has 1 N–H and O–H groups in total. The lowest BCUT2D eigenvalue weighted by molar-refractivity contribution is 0.312. The van der Waals surface area contributed by atoms with Crippen molar-refractivity contribution in [3.63, 3.8) is 0 Å². The molecule has 1 aliphatic rings. The van der Waals surface area contributed by atoms with E-state index in [0.29, 0.717) is 11.5 Å². The Hall–Kier alpha value is -3.58. The highest BCUT2D eigenvalue weighted by molar-refractivity contribution is 5.93. The SMILES string of the molecule is Cc1cccc(F)c1Nc1ncnc2cc(-c3ccc(N4CCN(C)CC4)nc3)ccc12. The van der Waals surface area contributed by atoms with Crippen molar-refractivity contribution in [1.29, 1.82) is 0 Å². The molecule has 0 bridgehead atoms. The Balaban J connectivity index is 1.42. The Kier molecular flexibility index (Phi) is 5.41. The van der Waals surface area contributed by atoms with Gasteiger partial charge in [0, 0.05) is 43.3 Å². The Morgan fingerprint density at radius 3 is 2.47 bits per heavy atom. The van der Waals surface area contributed by atoms with Gasteiger partial charge < -0.3 is 15.1 Å². The first-order valence-corrected chi connectivity index (χ1v) is 10.8. The molecule has 4 aromatic rings. The van der Waals surface area contributed by atoms with Crippen LogP contribution in [0.25, 0.3) is 22.0 Å². The number of likely N-dealkylation sites (N-methyl/N-ethyl adjacent to an activating group) is 1. The van der Waals surface area contributed by atoms with E-state index in [9.17, 15) is 4.39 Å². The van der Waals surface area contributed by atoms with E-state index in [4.69, 9.17) is 4.98 Å². The number of piperazine rings is 1. The van der Waals surface area contributed by atoms with Crippen molar-refractivity contribution in [1.82, 2.24) is 19.9 Å². The quantitative estimate of drug-likeness (QED) is 0.511. The number of hydrogen-bond donors (Lipinski definition) is 1. The minimum absolute atomic E-state index is 0.306. The molecule has 162 valence electrons. The largest absolute Gasteiger partial charge is 0.354 e. The van der Waals surface area contributed by atoms with Crippen LogP contribution in [0.5, 0.6) is 0 Å². The smallest absolute Gasteiger partial charge is 0.146 e. The third-order valence-electron chi connectivity index (χ3n) is 6.01. The molecule has 32 heavy (non-hydrogen) atoms. The maximum absolute atomic E-state index is 14.3. The maximum atomic E-state index is 14.3. The zero-order valence-corrected chi connectivity index (χ0v) is 18.2. The summed E-state index contributed by atoms with van der Waals surface area (Å²) in [5.74, 6) is 1.29. The van der Waals surface area contributed by atoms with Crippen LogP contribution in [0.2, 0.25) is 0 Å². The van der Waals surface area contributed by atoms with E-state index in [1.165, 1.54) is 12.4 Å². The third kappa shape index (κ3) is 3.99. The number of pyridine rings is 1. The molecule has 3 heterocycles. The van der Waals surface area contributed by atoms with Gasteiger partial charge in [0.2, 0.25) is 0 Å². The molecule has 0 unspecified atom stereocenters. The number of halogens is 1. The molecule has 0 atom stereocenters. The second kappa shape index (κ2) is 8.51. The summed E-state index contributed by atoms with van der Waals surface area (Å²) in [6, 6.07) is 15.2. The molecule has 2 aromatic carbocycles. The number of fused-ring (bicyclic) bond motifs is 1. The van der Waals surface area contributed by atoms with E-state index in [1.807, 2.05) is 37.4 Å². The lowest BCUT2D eigenvalue weighted by Crippen LogP contribution is -2.44. The van der Waals surface area contributed by atoms with Crippen molar-refractivity contribution in [2.24, 2.45) is 0 Å². The fraction of sp³-hybridized carbons (Fsp3) is 0.240. The highest BCUT2D eigenvalue weighted by Crippen LogP contribution is 2.30. The number of rotatable bonds is 4. The van der Waals surface area contributed by atoms with E-state index in [1.54, 1.807) is 6.07 Å². The van der Waals surface area contributed by atoms with E-state index in [2.05, 4.69) is 44.3 Å². The molecule has 0 spiro atoms. The number of hydrogen-bond acceptors (Lipinski definition) is 6. The van der Waals surface area contributed by atoms with Crippen LogP contribution in [0.3, 0.4) is 0 Å². The van der Waals surface area contributed by atoms with Crippen molar-refractivity contribution in [2.45, 2.75) is 6.92 Å². The van der Waals surface area contributed by atoms with Gasteiger partial charge in [-0.2, -0.15) is 0 Å². The van der Waals surface area contributed by atoms with Crippen molar-refractivity contribution in [2.75, 3.05) is 43.4 Å². The fourth-order valence-corrected chi connectivity index (χ4v) is 4.02. The first-order chi connectivity index (χ1) is 15.6.